The van der Waals surface area contributed by atoms with Crippen molar-refractivity contribution in [1.82, 2.24) is 5.32 Å². The van der Waals surface area contributed by atoms with E-state index < -0.39 is 0 Å². The van der Waals surface area contributed by atoms with Crippen LogP contribution in [-0.4, -0.2) is 24.9 Å². The van der Waals surface area contributed by atoms with Crippen molar-refractivity contribution < 1.29 is 9.84 Å². The molecule has 3 nitrogen and oxygen atoms in total. The Bertz CT molecular complexity index is 406. The smallest absolute Gasteiger partial charge is 0.119 e. The van der Waals surface area contributed by atoms with Gasteiger partial charge in [0.05, 0.1) is 7.11 Å². The van der Waals surface area contributed by atoms with Gasteiger partial charge in [-0.2, -0.15) is 0 Å². The molecule has 0 aliphatic heterocycles. The first-order valence-corrected chi connectivity index (χ1v) is 7.32. The highest BCUT2D eigenvalue weighted by atomic mass is 16.5. The number of benzene rings is 1. The van der Waals surface area contributed by atoms with E-state index in [4.69, 9.17) is 9.84 Å². The van der Waals surface area contributed by atoms with Crippen LogP contribution in [0.4, 0.5) is 0 Å². The van der Waals surface area contributed by atoms with E-state index in [-0.39, 0.29) is 6.61 Å². The van der Waals surface area contributed by atoms with Gasteiger partial charge >= 0.3 is 0 Å². The van der Waals surface area contributed by atoms with Crippen molar-refractivity contribution in [2.45, 2.75) is 51.1 Å². The number of ether oxygens (including phenoxy) is 1. The zero-order valence-electron chi connectivity index (χ0n) is 12.0. The number of fused-ring (bicyclic) bond motifs is 1. The van der Waals surface area contributed by atoms with E-state index in [1.165, 1.54) is 24.0 Å². The molecule has 1 aliphatic rings. The van der Waals surface area contributed by atoms with Gasteiger partial charge in [-0.1, -0.05) is 13.0 Å². The van der Waals surface area contributed by atoms with E-state index in [0.29, 0.717) is 12.1 Å². The van der Waals surface area contributed by atoms with E-state index in [9.17, 15) is 0 Å². The first kappa shape index (κ1) is 14.4. The van der Waals surface area contributed by atoms with Crippen molar-refractivity contribution in [2.75, 3.05) is 13.7 Å². The quantitative estimate of drug-likeness (QED) is 0.829. The maximum absolute atomic E-state index is 9.10. The van der Waals surface area contributed by atoms with E-state index in [2.05, 4.69) is 24.4 Å². The summed E-state index contributed by atoms with van der Waals surface area (Å²) >= 11 is 0. The average Bonchev–Trinajstić information content (AvgIpc) is 2.46. The molecule has 106 valence electrons. The molecule has 1 aromatic rings. The molecule has 2 unspecified atom stereocenters. The van der Waals surface area contributed by atoms with Crippen LogP contribution < -0.4 is 10.1 Å². The van der Waals surface area contributed by atoms with Crippen LogP contribution in [0.2, 0.25) is 0 Å². The molecule has 2 rings (SSSR count). The minimum absolute atomic E-state index is 0.258. The number of aliphatic hydroxyl groups is 1. The van der Waals surface area contributed by atoms with Gasteiger partial charge in [0.1, 0.15) is 5.75 Å². The number of rotatable bonds is 6. The molecule has 0 saturated heterocycles. The van der Waals surface area contributed by atoms with Crippen molar-refractivity contribution in [3.05, 3.63) is 29.3 Å². The van der Waals surface area contributed by atoms with Crippen LogP contribution in [0.3, 0.4) is 0 Å². The van der Waals surface area contributed by atoms with Gasteiger partial charge in [-0.3, -0.25) is 0 Å². The summed E-state index contributed by atoms with van der Waals surface area (Å²) in [6.07, 6.45) is 5.43. The summed E-state index contributed by atoms with van der Waals surface area (Å²) in [5, 5.41) is 12.8. The molecule has 0 saturated carbocycles. The normalized spacial score (nSPS) is 19.8. The summed E-state index contributed by atoms with van der Waals surface area (Å²) in [6.45, 7) is 2.43. The molecule has 2 N–H and O–H groups in total. The van der Waals surface area contributed by atoms with Crippen LogP contribution in [0.1, 0.15) is 49.8 Å². The van der Waals surface area contributed by atoms with Crippen molar-refractivity contribution in [1.29, 1.82) is 0 Å². The number of aliphatic hydroxyl groups excluding tert-OH is 1. The average molecular weight is 263 g/mol. The molecule has 0 bridgehead atoms. The monoisotopic (exact) mass is 263 g/mol. The largest absolute Gasteiger partial charge is 0.497 e. The summed E-state index contributed by atoms with van der Waals surface area (Å²) in [7, 11) is 1.72. The summed E-state index contributed by atoms with van der Waals surface area (Å²) in [6, 6.07) is 7.23. The number of nitrogens with one attached hydrogen (secondary N) is 1. The Labute approximate surface area is 116 Å². The number of hydrogen-bond acceptors (Lipinski definition) is 3. The number of methoxy groups -OCH3 is 1. The third-order valence-corrected chi connectivity index (χ3v) is 4.07. The van der Waals surface area contributed by atoms with Gasteiger partial charge in [0.15, 0.2) is 0 Å². The van der Waals surface area contributed by atoms with E-state index in [0.717, 1.165) is 25.0 Å². The highest BCUT2D eigenvalue weighted by Crippen LogP contribution is 2.32. The fourth-order valence-corrected chi connectivity index (χ4v) is 2.94. The minimum Gasteiger partial charge on any atom is -0.497 e. The second-order valence-corrected chi connectivity index (χ2v) is 5.29. The zero-order valence-corrected chi connectivity index (χ0v) is 12.0. The molecule has 0 spiro atoms. The number of hydrogen-bond donors (Lipinski definition) is 2. The van der Waals surface area contributed by atoms with Crippen molar-refractivity contribution >= 4 is 0 Å². The van der Waals surface area contributed by atoms with Gasteiger partial charge in [-0.15, -0.1) is 0 Å². The van der Waals surface area contributed by atoms with Gasteiger partial charge in [-0.25, -0.2) is 0 Å². The SMILES string of the molecule is CCC(CCO)NC1CCCc2cc(OC)ccc21. The second kappa shape index (κ2) is 6.92. The van der Waals surface area contributed by atoms with Crippen LogP contribution in [0, 0.1) is 0 Å². The molecule has 0 aromatic heterocycles. The molecule has 0 heterocycles. The van der Waals surface area contributed by atoms with Crippen molar-refractivity contribution in [3.63, 3.8) is 0 Å². The van der Waals surface area contributed by atoms with Crippen LogP contribution in [0.5, 0.6) is 5.75 Å². The van der Waals surface area contributed by atoms with Crippen molar-refractivity contribution in [3.8, 4) is 5.75 Å². The van der Waals surface area contributed by atoms with Crippen molar-refractivity contribution in [2.24, 2.45) is 0 Å². The standard InChI is InChI=1S/C16H25NO2/c1-3-13(9-10-18)17-16-6-4-5-12-11-14(19-2)7-8-15(12)16/h7-8,11,13,16-18H,3-6,9-10H2,1-2H3. The lowest BCUT2D eigenvalue weighted by molar-refractivity contribution is 0.252. The lowest BCUT2D eigenvalue weighted by Crippen LogP contribution is -2.35. The predicted molar refractivity (Wildman–Crippen MR) is 77.6 cm³/mol. The highest BCUT2D eigenvalue weighted by Gasteiger charge is 2.22. The Hall–Kier alpha value is -1.06. The fraction of sp³-hybridized carbons (Fsp3) is 0.625. The first-order valence-electron chi connectivity index (χ1n) is 7.32. The first-order chi connectivity index (χ1) is 9.28. The summed E-state index contributed by atoms with van der Waals surface area (Å²) in [5.74, 6) is 0.946. The molecule has 2 atom stereocenters. The molecule has 0 amide bonds. The minimum atomic E-state index is 0.258. The highest BCUT2D eigenvalue weighted by molar-refractivity contribution is 5.39. The second-order valence-electron chi connectivity index (χ2n) is 5.29. The maximum Gasteiger partial charge on any atom is 0.119 e. The predicted octanol–water partition coefficient (Wildman–Crippen LogP) is 2.82. The van der Waals surface area contributed by atoms with E-state index in [1.54, 1.807) is 7.11 Å². The molecule has 19 heavy (non-hydrogen) atoms. The summed E-state index contributed by atoms with van der Waals surface area (Å²) in [5.41, 5.74) is 2.81. The Morgan fingerprint density at radius 2 is 2.32 bits per heavy atom. The Morgan fingerprint density at radius 1 is 1.47 bits per heavy atom. The van der Waals surface area contributed by atoms with E-state index >= 15 is 0 Å². The van der Waals surface area contributed by atoms with Gasteiger partial charge < -0.3 is 15.2 Å². The van der Waals surface area contributed by atoms with E-state index in [1.807, 2.05) is 6.07 Å². The molecular weight excluding hydrogens is 238 g/mol. The van der Waals surface area contributed by atoms with Crippen LogP contribution in [-0.2, 0) is 6.42 Å². The van der Waals surface area contributed by atoms with Crippen LogP contribution in [0.25, 0.3) is 0 Å². The van der Waals surface area contributed by atoms with Crippen LogP contribution >= 0.6 is 0 Å². The maximum atomic E-state index is 9.10. The summed E-state index contributed by atoms with van der Waals surface area (Å²) < 4.78 is 5.30. The summed E-state index contributed by atoms with van der Waals surface area (Å²) in [4.78, 5) is 0. The molecule has 3 heteroatoms. The molecule has 1 aliphatic carbocycles. The fourth-order valence-electron chi connectivity index (χ4n) is 2.94. The topological polar surface area (TPSA) is 41.5 Å². The van der Waals surface area contributed by atoms with Crippen LogP contribution in [0.15, 0.2) is 18.2 Å². The number of aryl methyl sites for hydroxylation is 1. The third kappa shape index (κ3) is 3.48. The van der Waals surface area contributed by atoms with Gasteiger partial charge in [0.2, 0.25) is 0 Å². The molecule has 0 radical (unpaired) electrons. The lowest BCUT2D eigenvalue weighted by Gasteiger charge is -2.30. The molecule has 1 aromatic carbocycles. The van der Waals surface area contributed by atoms with Gasteiger partial charge in [0.25, 0.3) is 0 Å². The molecular formula is C16H25NO2. The molecule has 0 fully saturated rings. The Balaban J connectivity index is 2.13. The Kier molecular flexibility index (Phi) is 5.23. The Morgan fingerprint density at radius 3 is 3.00 bits per heavy atom. The van der Waals surface area contributed by atoms with Gasteiger partial charge in [-0.05, 0) is 55.4 Å². The third-order valence-electron chi connectivity index (χ3n) is 4.07. The van der Waals surface area contributed by atoms with Gasteiger partial charge in [0, 0.05) is 18.7 Å². The lowest BCUT2D eigenvalue weighted by atomic mass is 9.87. The zero-order chi connectivity index (χ0) is 13.7.